The molecule has 2 rings (SSSR count). The molecular weight excluding hydrogens is 277 g/mol. The summed E-state index contributed by atoms with van der Waals surface area (Å²) in [5, 5.41) is 21.9. The van der Waals surface area contributed by atoms with E-state index >= 15 is 0 Å². The molecule has 22 heavy (non-hydrogen) atoms. The number of carbonyl (C=O) groups is 1. The predicted molar refractivity (Wildman–Crippen MR) is 88.0 cm³/mol. The van der Waals surface area contributed by atoms with Crippen LogP contribution < -0.4 is 5.32 Å². The third-order valence-electron chi connectivity index (χ3n) is 4.96. The fourth-order valence-electron chi connectivity index (χ4n) is 3.80. The van der Waals surface area contributed by atoms with E-state index in [9.17, 15) is 14.8 Å². The predicted octanol–water partition coefficient (Wildman–Crippen LogP) is 2.39. The molecule has 1 saturated carbocycles. The summed E-state index contributed by atoms with van der Waals surface area (Å²) >= 11 is 0. The van der Waals surface area contributed by atoms with Crippen LogP contribution in [0.3, 0.4) is 0 Å². The maximum absolute atomic E-state index is 12.6. The van der Waals surface area contributed by atoms with Crippen molar-refractivity contribution in [3.8, 4) is 0 Å². The largest absolute Gasteiger partial charge is 0.454 e. The van der Waals surface area contributed by atoms with Gasteiger partial charge in [-0.1, -0.05) is 44.2 Å². The molecule has 0 aliphatic heterocycles. The second kappa shape index (κ2) is 7.29. The van der Waals surface area contributed by atoms with E-state index in [2.05, 4.69) is 5.32 Å². The van der Waals surface area contributed by atoms with Crippen LogP contribution in [-0.4, -0.2) is 23.1 Å². The molecule has 1 aliphatic rings. The zero-order valence-electron chi connectivity index (χ0n) is 13.6. The van der Waals surface area contributed by atoms with Crippen LogP contribution in [-0.2, 0) is 4.79 Å². The number of hydrogen-bond acceptors (Lipinski definition) is 3. The van der Waals surface area contributed by atoms with E-state index < -0.39 is 7.12 Å². The van der Waals surface area contributed by atoms with Crippen LogP contribution in [0.25, 0.3) is 0 Å². The summed E-state index contributed by atoms with van der Waals surface area (Å²) < 4.78 is 0. The molecule has 1 aromatic carbocycles. The molecule has 0 spiro atoms. The van der Waals surface area contributed by atoms with Crippen molar-refractivity contribution < 1.29 is 14.8 Å². The summed E-state index contributed by atoms with van der Waals surface area (Å²) in [6, 6.07) is 9.90. The van der Waals surface area contributed by atoms with Gasteiger partial charge < -0.3 is 15.4 Å². The van der Waals surface area contributed by atoms with Crippen LogP contribution in [0, 0.1) is 17.8 Å². The van der Waals surface area contributed by atoms with E-state index in [0.717, 1.165) is 5.56 Å². The molecule has 0 radical (unpaired) electrons. The van der Waals surface area contributed by atoms with Crippen LogP contribution in [0.2, 0.25) is 5.82 Å². The maximum Gasteiger partial charge on any atom is 0.454 e. The molecule has 1 aromatic rings. The van der Waals surface area contributed by atoms with E-state index in [-0.39, 0.29) is 35.5 Å². The van der Waals surface area contributed by atoms with Gasteiger partial charge in [-0.2, -0.15) is 0 Å². The normalized spacial score (nSPS) is 29.7. The molecule has 4 nitrogen and oxygen atoms in total. The van der Waals surface area contributed by atoms with Crippen LogP contribution in [0.4, 0.5) is 0 Å². The number of amides is 1. The van der Waals surface area contributed by atoms with Crippen LogP contribution in [0.1, 0.15) is 45.2 Å². The van der Waals surface area contributed by atoms with Crippen molar-refractivity contribution >= 4 is 13.0 Å². The SMILES string of the molecule is CC1CC(B(O)O)CC(C)C1C(=O)N[C@H](C)c1ccccc1. The fourth-order valence-corrected chi connectivity index (χ4v) is 3.80. The van der Waals surface area contributed by atoms with Gasteiger partial charge in [-0.05, 0) is 43.0 Å². The number of nitrogens with one attached hydrogen (secondary N) is 1. The first kappa shape index (κ1) is 17.0. The van der Waals surface area contributed by atoms with Crippen molar-refractivity contribution in [1.29, 1.82) is 0 Å². The third-order valence-corrected chi connectivity index (χ3v) is 4.96. The molecule has 1 amide bonds. The Morgan fingerprint density at radius 3 is 2.23 bits per heavy atom. The van der Waals surface area contributed by atoms with E-state index in [1.54, 1.807) is 0 Å². The van der Waals surface area contributed by atoms with Crippen molar-refractivity contribution in [2.75, 3.05) is 0 Å². The third kappa shape index (κ3) is 3.90. The lowest BCUT2D eigenvalue weighted by Crippen LogP contribution is -2.43. The Kier molecular flexibility index (Phi) is 5.65. The summed E-state index contributed by atoms with van der Waals surface area (Å²) in [4.78, 5) is 12.6. The van der Waals surface area contributed by atoms with E-state index in [1.807, 2.05) is 51.1 Å². The zero-order valence-corrected chi connectivity index (χ0v) is 13.6. The van der Waals surface area contributed by atoms with Gasteiger partial charge in [-0.25, -0.2) is 0 Å². The van der Waals surface area contributed by atoms with E-state index in [0.29, 0.717) is 12.8 Å². The molecule has 120 valence electrons. The smallest absolute Gasteiger partial charge is 0.427 e. The van der Waals surface area contributed by atoms with E-state index in [1.165, 1.54) is 0 Å². The fraction of sp³-hybridized carbons (Fsp3) is 0.588. The number of rotatable bonds is 4. The lowest BCUT2D eigenvalue weighted by Gasteiger charge is -2.38. The number of hydrogen-bond donors (Lipinski definition) is 3. The highest BCUT2D eigenvalue weighted by Crippen LogP contribution is 2.41. The number of carbonyl (C=O) groups excluding carboxylic acids is 1. The highest BCUT2D eigenvalue weighted by Gasteiger charge is 2.41. The average Bonchev–Trinajstić information content (AvgIpc) is 2.47. The van der Waals surface area contributed by atoms with Gasteiger partial charge in [0.25, 0.3) is 0 Å². The molecule has 1 fully saturated rings. The van der Waals surface area contributed by atoms with Gasteiger partial charge in [0.05, 0.1) is 6.04 Å². The van der Waals surface area contributed by atoms with Gasteiger partial charge >= 0.3 is 7.12 Å². The first-order chi connectivity index (χ1) is 10.4. The molecule has 0 saturated heterocycles. The minimum Gasteiger partial charge on any atom is -0.427 e. The molecule has 0 aromatic heterocycles. The van der Waals surface area contributed by atoms with Crippen molar-refractivity contribution in [2.24, 2.45) is 17.8 Å². The second-order valence-corrected chi connectivity index (χ2v) is 6.77. The van der Waals surface area contributed by atoms with Crippen molar-refractivity contribution in [2.45, 2.75) is 45.5 Å². The zero-order chi connectivity index (χ0) is 16.3. The Bertz CT molecular complexity index is 482. The maximum atomic E-state index is 12.6. The summed E-state index contributed by atoms with van der Waals surface area (Å²) in [5.74, 6) is 0.182. The minimum absolute atomic E-state index is 0.0192. The van der Waals surface area contributed by atoms with Crippen LogP contribution in [0.15, 0.2) is 30.3 Å². The monoisotopic (exact) mass is 303 g/mol. The van der Waals surface area contributed by atoms with Gasteiger partial charge in [0.1, 0.15) is 0 Å². The molecule has 1 aliphatic carbocycles. The summed E-state index contributed by atoms with van der Waals surface area (Å²) in [6.45, 7) is 6.05. The van der Waals surface area contributed by atoms with Crippen molar-refractivity contribution in [1.82, 2.24) is 5.32 Å². The Morgan fingerprint density at radius 1 is 1.18 bits per heavy atom. The Labute approximate surface area is 133 Å². The first-order valence-corrected chi connectivity index (χ1v) is 8.11. The average molecular weight is 303 g/mol. The molecule has 3 N–H and O–H groups in total. The Morgan fingerprint density at radius 2 is 1.73 bits per heavy atom. The highest BCUT2D eigenvalue weighted by molar-refractivity contribution is 6.43. The standard InChI is InChI=1S/C17H26BNO3/c1-11-9-15(18(21)22)10-12(2)16(11)17(20)19-13(3)14-7-5-4-6-8-14/h4-8,11-13,15-16,21-22H,9-10H2,1-3H3,(H,19,20)/t11?,12?,13-,15?,16?/m1/s1. The molecule has 0 heterocycles. The topological polar surface area (TPSA) is 69.6 Å². The van der Waals surface area contributed by atoms with Gasteiger partial charge in [0.15, 0.2) is 0 Å². The summed E-state index contributed by atoms with van der Waals surface area (Å²) in [7, 11) is -1.28. The summed E-state index contributed by atoms with van der Waals surface area (Å²) in [5.41, 5.74) is 1.09. The minimum atomic E-state index is -1.28. The van der Waals surface area contributed by atoms with Crippen molar-refractivity contribution in [3.63, 3.8) is 0 Å². The molecular formula is C17H26BNO3. The van der Waals surface area contributed by atoms with Gasteiger partial charge in [0.2, 0.25) is 5.91 Å². The first-order valence-electron chi connectivity index (χ1n) is 8.11. The molecule has 2 unspecified atom stereocenters. The Hall–Kier alpha value is -1.33. The highest BCUT2D eigenvalue weighted by atomic mass is 16.4. The molecule has 0 bridgehead atoms. The van der Waals surface area contributed by atoms with Gasteiger partial charge in [-0.15, -0.1) is 0 Å². The summed E-state index contributed by atoms with van der Waals surface area (Å²) in [6.07, 6.45) is 1.36. The van der Waals surface area contributed by atoms with Gasteiger partial charge in [0, 0.05) is 5.92 Å². The van der Waals surface area contributed by atoms with E-state index in [4.69, 9.17) is 0 Å². The lowest BCUT2D eigenvalue weighted by atomic mass is 9.57. The lowest BCUT2D eigenvalue weighted by molar-refractivity contribution is -0.130. The van der Waals surface area contributed by atoms with Gasteiger partial charge in [-0.3, -0.25) is 4.79 Å². The number of benzene rings is 1. The quantitative estimate of drug-likeness (QED) is 0.748. The molecule has 3 atom stereocenters. The van der Waals surface area contributed by atoms with Crippen molar-refractivity contribution in [3.05, 3.63) is 35.9 Å². The van der Waals surface area contributed by atoms with Crippen LogP contribution >= 0.6 is 0 Å². The Balaban J connectivity index is 2.00. The van der Waals surface area contributed by atoms with Crippen LogP contribution in [0.5, 0.6) is 0 Å². The molecule has 5 heteroatoms. The second-order valence-electron chi connectivity index (χ2n) is 6.77.